The first-order valence-corrected chi connectivity index (χ1v) is 9.68. The first-order valence-electron chi connectivity index (χ1n) is 7.86. The molecule has 0 bridgehead atoms. The Balaban J connectivity index is 1.67. The van der Waals surface area contributed by atoms with Crippen molar-refractivity contribution in [3.8, 4) is 11.5 Å². The van der Waals surface area contributed by atoms with Crippen molar-refractivity contribution in [1.29, 1.82) is 0 Å². The number of ether oxygens (including phenoxy) is 1. The Morgan fingerprint density at radius 2 is 1.79 bits per heavy atom. The van der Waals surface area contributed by atoms with Gasteiger partial charge in [-0.2, -0.15) is 0 Å². The van der Waals surface area contributed by atoms with E-state index in [1.54, 1.807) is 24.3 Å². The number of carbonyl (C=O) groups excluding carboxylic acids is 1. The molecule has 1 N–H and O–H groups in total. The number of carbonyl (C=O) groups is 1. The van der Waals surface area contributed by atoms with E-state index in [1.807, 2.05) is 30.3 Å². The standard InChI is InChI=1S/C18H19NO4S/c20-18(14-6-5-11-24(21,22)13-14)19-15-7-4-10-17(12-15)23-16-8-2-1-3-9-16/h1-4,7-10,12,14H,5-6,11,13H2,(H,19,20). The summed E-state index contributed by atoms with van der Waals surface area (Å²) in [6, 6.07) is 16.4. The minimum absolute atomic E-state index is 0.0704. The molecule has 1 aliphatic rings. The summed E-state index contributed by atoms with van der Waals surface area (Å²) in [7, 11) is -3.10. The van der Waals surface area contributed by atoms with E-state index in [-0.39, 0.29) is 17.4 Å². The van der Waals surface area contributed by atoms with Crippen LogP contribution in [-0.2, 0) is 14.6 Å². The van der Waals surface area contributed by atoms with E-state index in [1.165, 1.54) is 0 Å². The maximum Gasteiger partial charge on any atom is 0.228 e. The van der Waals surface area contributed by atoms with Gasteiger partial charge in [0.25, 0.3) is 0 Å². The minimum Gasteiger partial charge on any atom is -0.457 e. The summed E-state index contributed by atoms with van der Waals surface area (Å²) in [6.07, 6.45) is 1.14. The highest BCUT2D eigenvalue weighted by Gasteiger charge is 2.29. The molecule has 0 spiro atoms. The topological polar surface area (TPSA) is 72.5 Å². The maximum atomic E-state index is 12.3. The Kier molecular flexibility index (Phi) is 4.85. The number of benzene rings is 2. The average Bonchev–Trinajstić information content (AvgIpc) is 2.55. The summed E-state index contributed by atoms with van der Waals surface area (Å²) in [5.74, 6) is 0.683. The molecule has 2 aromatic rings. The summed E-state index contributed by atoms with van der Waals surface area (Å²) < 4.78 is 29.1. The fourth-order valence-corrected chi connectivity index (χ4v) is 4.44. The number of hydrogen-bond acceptors (Lipinski definition) is 4. The van der Waals surface area contributed by atoms with E-state index in [4.69, 9.17) is 4.74 Å². The molecule has 3 rings (SSSR count). The van der Waals surface area contributed by atoms with Crippen molar-refractivity contribution < 1.29 is 17.9 Å². The van der Waals surface area contributed by atoms with Crippen LogP contribution in [0.15, 0.2) is 54.6 Å². The molecule has 126 valence electrons. The van der Waals surface area contributed by atoms with Crippen molar-refractivity contribution in [3.05, 3.63) is 54.6 Å². The predicted octanol–water partition coefficient (Wildman–Crippen LogP) is 3.24. The lowest BCUT2D eigenvalue weighted by atomic mass is 10.0. The van der Waals surface area contributed by atoms with Crippen LogP contribution in [0, 0.1) is 5.92 Å². The number of rotatable bonds is 4. The van der Waals surface area contributed by atoms with Crippen molar-refractivity contribution in [2.75, 3.05) is 16.8 Å². The van der Waals surface area contributed by atoms with Gasteiger partial charge >= 0.3 is 0 Å². The van der Waals surface area contributed by atoms with Crippen LogP contribution in [0.25, 0.3) is 0 Å². The molecule has 5 nitrogen and oxygen atoms in total. The lowest BCUT2D eigenvalue weighted by molar-refractivity contribution is -0.119. The molecule has 24 heavy (non-hydrogen) atoms. The normalized spacial score (nSPS) is 19.4. The first kappa shape index (κ1) is 16.5. The molecule has 1 aliphatic heterocycles. The SMILES string of the molecule is O=C(Nc1cccc(Oc2ccccc2)c1)C1CCCS(=O)(=O)C1. The minimum atomic E-state index is -3.10. The number of nitrogens with one attached hydrogen (secondary N) is 1. The van der Waals surface area contributed by atoms with Crippen molar-refractivity contribution >= 4 is 21.4 Å². The molecule has 0 aromatic heterocycles. The third-order valence-corrected chi connectivity index (χ3v) is 5.74. The second kappa shape index (κ2) is 7.05. The molecular formula is C18H19NO4S. The van der Waals surface area contributed by atoms with Crippen molar-refractivity contribution in [1.82, 2.24) is 0 Å². The zero-order valence-corrected chi connectivity index (χ0v) is 14.0. The molecule has 1 fully saturated rings. The Bertz CT molecular complexity index is 818. The Labute approximate surface area is 141 Å². The largest absolute Gasteiger partial charge is 0.457 e. The van der Waals surface area contributed by atoms with E-state index in [0.717, 1.165) is 0 Å². The fraction of sp³-hybridized carbons (Fsp3) is 0.278. The van der Waals surface area contributed by atoms with Crippen LogP contribution in [-0.4, -0.2) is 25.8 Å². The van der Waals surface area contributed by atoms with E-state index in [9.17, 15) is 13.2 Å². The van der Waals surface area contributed by atoms with Gasteiger partial charge in [0, 0.05) is 11.8 Å². The van der Waals surface area contributed by atoms with Crippen LogP contribution < -0.4 is 10.1 Å². The van der Waals surface area contributed by atoms with Gasteiger partial charge in [-0.05, 0) is 37.1 Å². The van der Waals surface area contributed by atoms with Gasteiger partial charge in [-0.25, -0.2) is 8.42 Å². The number of para-hydroxylation sites is 1. The Hall–Kier alpha value is -2.34. The molecule has 0 radical (unpaired) electrons. The lowest BCUT2D eigenvalue weighted by Crippen LogP contribution is -2.34. The van der Waals surface area contributed by atoms with Crippen LogP contribution in [0.3, 0.4) is 0 Å². The van der Waals surface area contributed by atoms with Gasteiger partial charge in [-0.3, -0.25) is 4.79 Å². The van der Waals surface area contributed by atoms with Gasteiger partial charge in [0.1, 0.15) is 11.5 Å². The highest BCUT2D eigenvalue weighted by atomic mass is 32.2. The average molecular weight is 345 g/mol. The van der Waals surface area contributed by atoms with Gasteiger partial charge in [0.05, 0.1) is 17.4 Å². The summed E-state index contributed by atoms with van der Waals surface area (Å²) >= 11 is 0. The molecule has 1 saturated heterocycles. The van der Waals surface area contributed by atoms with E-state index in [0.29, 0.717) is 30.0 Å². The third-order valence-electron chi connectivity index (χ3n) is 3.91. The Morgan fingerprint density at radius 1 is 1.04 bits per heavy atom. The molecule has 0 saturated carbocycles. The lowest BCUT2D eigenvalue weighted by Gasteiger charge is -2.21. The fourth-order valence-electron chi connectivity index (χ4n) is 2.74. The first-order chi connectivity index (χ1) is 11.5. The van der Waals surface area contributed by atoms with Gasteiger partial charge in [0.2, 0.25) is 5.91 Å². The number of anilines is 1. The molecule has 1 atom stereocenters. The summed E-state index contributed by atoms with van der Waals surface area (Å²) in [4.78, 5) is 12.3. The van der Waals surface area contributed by atoms with Crippen LogP contribution in [0.4, 0.5) is 5.69 Å². The van der Waals surface area contributed by atoms with Gasteiger partial charge in [0.15, 0.2) is 9.84 Å². The van der Waals surface area contributed by atoms with Crippen LogP contribution in [0.1, 0.15) is 12.8 Å². The second-order valence-corrected chi connectivity index (χ2v) is 8.11. The molecule has 0 aliphatic carbocycles. The summed E-state index contributed by atoms with van der Waals surface area (Å²) in [6.45, 7) is 0. The molecule has 1 unspecified atom stereocenters. The molecular weight excluding hydrogens is 326 g/mol. The summed E-state index contributed by atoms with van der Waals surface area (Å²) in [5, 5.41) is 2.79. The maximum absolute atomic E-state index is 12.3. The summed E-state index contributed by atoms with van der Waals surface area (Å²) in [5.41, 5.74) is 0.594. The quantitative estimate of drug-likeness (QED) is 0.923. The number of hydrogen-bond donors (Lipinski definition) is 1. The second-order valence-electron chi connectivity index (χ2n) is 5.89. The van der Waals surface area contributed by atoms with Gasteiger partial charge < -0.3 is 10.1 Å². The van der Waals surface area contributed by atoms with Crippen molar-refractivity contribution in [2.45, 2.75) is 12.8 Å². The van der Waals surface area contributed by atoms with Gasteiger partial charge in [-0.15, -0.1) is 0 Å². The molecule has 2 aromatic carbocycles. The van der Waals surface area contributed by atoms with Crippen LogP contribution >= 0.6 is 0 Å². The molecule has 6 heteroatoms. The third kappa shape index (κ3) is 4.35. The monoisotopic (exact) mass is 345 g/mol. The predicted molar refractivity (Wildman–Crippen MR) is 93.0 cm³/mol. The molecule has 1 amide bonds. The van der Waals surface area contributed by atoms with Crippen molar-refractivity contribution in [3.63, 3.8) is 0 Å². The van der Waals surface area contributed by atoms with E-state index >= 15 is 0 Å². The highest BCUT2D eigenvalue weighted by molar-refractivity contribution is 7.91. The van der Waals surface area contributed by atoms with Crippen LogP contribution in [0.5, 0.6) is 11.5 Å². The zero-order valence-electron chi connectivity index (χ0n) is 13.1. The number of sulfone groups is 1. The van der Waals surface area contributed by atoms with E-state index in [2.05, 4.69) is 5.32 Å². The highest BCUT2D eigenvalue weighted by Crippen LogP contribution is 2.25. The van der Waals surface area contributed by atoms with Crippen LogP contribution in [0.2, 0.25) is 0 Å². The number of amides is 1. The zero-order chi connectivity index (χ0) is 17.0. The van der Waals surface area contributed by atoms with Gasteiger partial charge in [-0.1, -0.05) is 24.3 Å². The van der Waals surface area contributed by atoms with E-state index < -0.39 is 15.8 Å². The Morgan fingerprint density at radius 3 is 2.54 bits per heavy atom. The van der Waals surface area contributed by atoms with Crippen molar-refractivity contribution in [2.24, 2.45) is 5.92 Å². The molecule has 1 heterocycles. The smallest absolute Gasteiger partial charge is 0.228 e.